The van der Waals surface area contributed by atoms with E-state index >= 15 is 0 Å². The van der Waals surface area contributed by atoms with Crippen molar-refractivity contribution in [1.29, 1.82) is 0 Å². The van der Waals surface area contributed by atoms with Crippen molar-refractivity contribution in [2.45, 2.75) is 26.2 Å². The Balaban J connectivity index is 2.36. The van der Waals surface area contributed by atoms with Gasteiger partial charge in [-0.25, -0.2) is 8.42 Å². The van der Waals surface area contributed by atoms with Crippen LogP contribution in [0.5, 0.6) is 0 Å². The van der Waals surface area contributed by atoms with Crippen LogP contribution in [0, 0.1) is 5.92 Å². The van der Waals surface area contributed by atoms with E-state index in [0.717, 1.165) is 32.4 Å². The molecule has 0 aromatic carbocycles. The van der Waals surface area contributed by atoms with Crippen LogP contribution in [-0.4, -0.2) is 45.5 Å². The highest BCUT2D eigenvalue weighted by atomic mass is 32.2. The van der Waals surface area contributed by atoms with E-state index in [2.05, 4.69) is 10.6 Å². The van der Waals surface area contributed by atoms with Crippen LogP contribution in [-0.2, 0) is 14.6 Å². The molecule has 100 valence electrons. The van der Waals surface area contributed by atoms with E-state index in [4.69, 9.17) is 0 Å². The van der Waals surface area contributed by atoms with Gasteiger partial charge in [0.25, 0.3) is 0 Å². The number of rotatable bonds is 6. The number of carbonyl (C=O) groups is 1. The molecule has 0 spiro atoms. The van der Waals surface area contributed by atoms with Crippen LogP contribution < -0.4 is 10.6 Å². The fourth-order valence-electron chi connectivity index (χ4n) is 1.98. The van der Waals surface area contributed by atoms with Crippen LogP contribution >= 0.6 is 0 Å². The second-order valence-corrected chi connectivity index (χ2v) is 6.71. The molecule has 0 bridgehead atoms. The Morgan fingerprint density at radius 1 is 1.35 bits per heavy atom. The number of hydrogen-bond donors (Lipinski definition) is 2. The Bertz CT molecular complexity index is 335. The summed E-state index contributed by atoms with van der Waals surface area (Å²) in [4.78, 5) is 11.4. The second kappa shape index (κ2) is 6.96. The largest absolute Gasteiger partial charge is 0.355 e. The lowest BCUT2D eigenvalue weighted by molar-refractivity contribution is -0.118. The molecule has 1 aliphatic rings. The lowest BCUT2D eigenvalue weighted by Crippen LogP contribution is -2.35. The van der Waals surface area contributed by atoms with Crippen LogP contribution in [0.1, 0.15) is 26.2 Å². The minimum absolute atomic E-state index is 0.147. The van der Waals surface area contributed by atoms with E-state index in [1.807, 2.05) is 6.92 Å². The molecule has 17 heavy (non-hydrogen) atoms. The molecule has 1 heterocycles. The minimum Gasteiger partial charge on any atom is -0.355 e. The third-order valence-electron chi connectivity index (χ3n) is 2.87. The average Bonchev–Trinajstić information content (AvgIpc) is 2.26. The van der Waals surface area contributed by atoms with Crippen LogP contribution in [0.15, 0.2) is 0 Å². The highest BCUT2D eigenvalue weighted by Crippen LogP contribution is 2.14. The lowest BCUT2D eigenvalue weighted by atomic mass is 10.0. The summed E-state index contributed by atoms with van der Waals surface area (Å²) in [6, 6.07) is 0. The molecule has 0 unspecified atom stereocenters. The average molecular weight is 262 g/mol. The van der Waals surface area contributed by atoms with E-state index < -0.39 is 9.84 Å². The fraction of sp³-hybridized carbons (Fsp3) is 0.909. The number of carbonyl (C=O) groups excluding carboxylic acids is 1. The third-order valence-corrected chi connectivity index (χ3v) is 4.55. The molecule has 0 atom stereocenters. The summed E-state index contributed by atoms with van der Waals surface area (Å²) in [5.74, 6) is -0.383. The van der Waals surface area contributed by atoms with Gasteiger partial charge in [0, 0.05) is 6.54 Å². The van der Waals surface area contributed by atoms with Gasteiger partial charge in [0.05, 0.1) is 5.75 Å². The molecular weight excluding hydrogens is 240 g/mol. The summed E-state index contributed by atoms with van der Waals surface area (Å²) in [5.41, 5.74) is 0. The Kier molecular flexibility index (Phi) is 5.91. The van der Waals surface area contributed by atoms with Crippen LogP contribution in [0.4, 0.5) is 0 Å². The Hall–Kier alpha value is -0.620. The van der Waals surface area contributed by atoms with Gasteiger partial charge in [-0.3, -0.25) is 4.79 Å². The predicted octanol–water partition coefficient (Wildman–Crippen LogP) is -0.0730. The number of sulfone groups is 1. The SMILES string of the molecule is CCCNC(=O)CS(=O)(=O)CC1CCNCC1. The summed E-state index contributed by atoms with van der Waals surface area (Å²) in [5, 5.41) is 5.79. The standard InChI is InChI=1S/C11H22N2O3S/c1-2-5-13-11(14)9-17(15,16)8-10-3-6-12-7-4-10/h10,12H,2-9H2,1H3,(H,13,14). The quantitative estimate of drug-likeness (QED) is 0.702. The lowest BCUT2D eigenvalue weighted by Gasteiger charge is -2.22. The number of hydrogen-bond acceptors (Lipinski definition) is 4. The van der Waals surface area contributed by atoms with Crippen molar-refractivity contribution in [1.82, 2.24) is 10.6 Å². The summed E-state index contributed by atoms with van der Waals surface area (Å²) in [7, 11) is -3.25. The van der Waals surface area contributed by atoms with Gasteiger partial charge in [-0.15, -0.1) is 0 Å². The topological polar surface area (TPSA) is 75.3 Å². The highest BCUT2D eigenvalue weighted by Gasteiger charge is 2.23. The van der Waals surface area contributed by atoms with E-state index in [0.29, 0.717) is 6.54 Å². The van der Waals surface area contributed by atoms with Crippen molar-refractivity contribution >= 4 is 15.7 Å². The van der Waals surface area contributed by atoms with Crippen molar-refractivity contribution in [3.05, 3.63) is 0 Å². The van der Waals surface area contributed by atoms with Gasteiger partial charge in [0.15, 0.2) is 9.84 Å². The van der Waals surface area contributed by atoms with E-state index in [9.17, 15) is 13.2 Å². The van der Waals surface area contributed by atoms with E-state index in [1.54, 1.807) is 0 Å². The van der Waals surface area contributed by atoms with Gasteiger partial charge in [0.1, 0.15) is 5.75 Å². The molecule has 1 saturated heterocycles. The van der Waals surface area contributed by atoms with Crippen LogP contribution in [0.2, 0.25) is 0 Å². The van der Waals surface area contributed by atoms with Gasteiger partial charge in [-0.05, 0) is 38.3 Å². The number of nitrogens with one attached hydrogen (secondary N) is 2. The molecule has 1 fully saturated rings. The summed E-state index contributed by atoms with van der Waals surface area (Å²) in [6.45, 7) is 4.23. The molecule has 0 aromatic heterocycles. The Labute approximate surface area is 103 Å². The normalized spacial score (nSPS) is 17.9. The molecule has 1 aliphatic heterocycles. The molecule has 1 amide bonds. The first-order valence-corrected chi connectivity index (χ1v) is 8.03. The maximum absolute atomic E-state index is 11.8. The maximum atomic E-state index is 11.8. The summed E-state index contributed by atoms with van der Waals surface area (Å²) < 4.78 is 23.6. The molecule has 2 N–H and O–H groups in total. The molecular formula is C11H22N2O3S. The molecule has 0 radical (unpaired) electrons. The molecule has 0 aliphatic carbocycles. The number of amides is 1. The maximum Gasteiger partial charge on any atom is 0.235 e. The zero-order valence-corrected chi connectivity index (χ0v) is 11.2. The second-order valence-electron chi connectivity index (χ2n) is 4.60. The van der Waals surface area contributed by atoms with Gasteiger partial charge in [-0.1, -0.05) is 6.92 Å². The highest BCUT2D eigenvalue weighted by molar-refractivity contribution is 7.92. The van der Waals surface area contributed by atoms with Crippen LogP contribution in [0.25, 0.3) is 0 Å². The molecule has 1 rings (SSSR count). The zero-order valence-electron chi connectivity index (χ0n) is 10.4. The predicted molar refractivity (Wildman–Crippen MR) is 67.5 cm³/mol. The zero-order chi connectivity index (χ0) is 12.7. The Morgan fingerprint density at radius 2 is 2.00 bits per heavy atom. The first-order chi connectivity index (χ1) is 8.03. The van der Waals surface area contributed by atoms with E-state index in [1.165, 1.54) is 0 Å². The van der Waals surface area contributed by atoms with Gasteiger partial charge < -0.3 is 10.6 Å². The molecule has 5 nitrogen and oxygen atoms in total. The van der Waals surface area contributed by atoms with Gasteiger partial charge >= 0.3 is 0 Å². The fourth-order valence-corrected chi connectivity index (χ4v) is 3.65. The summed E-state index contributed by atoms with van der Waals surface area (Å²) >= 11 is 0. The smallest absolute Gasteiger partial charge is 0.235 e. The Morgan fingerprint density at radius 3 is 2.59 bits per heavy atom. The number of piperidine rings is 1. The molecule has 6 heteroatoms. The minimum atomic E-state index is -3.25. The van der Waals surface area contributed by atoms with E-state index in [-0.39, 0.29) is 23.3 Å². The van der Waals surface area contributed by atoms with Crippen LogP contribution in [0.3, 0.4) is 0 Å². The third kappa shape index (κ3) is 6.02. The van der Waals surface area contributed by atoms with Crippen molar-refractivity contribution in [3.8, 4) is 0 Å². The first kappa shape index (κ1) is 14.4. The van der Waals surface area contributed by atoms with Gasteiger partial charge in [0.2, 0.25) is 5.91 Å². The summed E-state index contributed by atoms with van der Waals surface area (Å²) in [6.07, 6.45) is 2.59. The van der Waals surface area contributed by atoms with Crippen molar-refractivity contribution in [2.24, 2.45) is 5.92 Å². The van der Waals surface area contributed by atoms with Crippen molar-refractivity contribution in [3.63, 3.8) is 0 Å². The van der Waals surface area contributed by atoms with Gasteiger partial charge in [-0.2, -0.15) is 0 Å². The van der Waals surface area contributed by atoms with Crippen molar-refractivity contribution < 1.29 is 13.2 Å². The molecule has 0 saturated carbocycles. The van der Waals surface area contributed by atoms with Crippen molar-refractivity contribution in [2.75, 3.05) is 31.1 Å². The first-order valence-electron chi connectivity index (χ1n) is 6.21. The molecule has 0 aromatic rings. The monoisotopic (exact) mass is 262 g/mol.